The summed E-state index contributed by atoms with van der Waals surface area (Å²) in [5.41, 5.74) is 5.20. The fourth-order valence-electron chi connectivity index (χ4n) is 3.42. The largest absolute Gasteiger partial charge is 0.315 e. The molecule has 0 fully saturated rings. The summed E-state index contributed by atoms with van der Waals surface area (Å²) in [4.78, 5) is 0. The molecule has 0 saturated carbocycles. The van der Waals surface area contributed by atoms with Crippen LogP contribution in [0.1, 0.15) is 12.5 Å². The summed E-state index contributed by atoms with van der Waals surface area (Å²) < 4.78 is 2.53. The van der Waals surface area contributed by atoms with Gasteiger partial charge in [0.2, 0.25) is 0 Å². The van der Waals surface area contributed by atoms with E-state index in [2.05, 4.69) is 115 Å². The van der Waals surface area contributed by atoms with Crippen molar-refractivity contribution in [3.63, 3.8) is 0 Å². The van der Waals surface area contributed by atoms with Crippen LogP contribution in [0.2, 0.25) is 0 Å². The van der Waals surface area contributed by atoms with Crippen LogP contribution >= 0.6 is 8.07 Å². The lowest BCUT2D eigenvalue weighted by atomic mass is 10.1. The summed E-state index contributed by atoms with van der Waals surface area (Å²) in [6.45, 7) is 2.24. The molecule has 3 aromatic rings. The number of rotatable bonds is 4. The second kappa shape index (κ2) is 7.72. The van der Waals surface area contributed by atoms with Crippen LogP contribution in [0.4, 0.5) is 11.4 Å². The highest BCUT2D eigenvalue weighted by Gasteiger charge is 2.27. The third-order valence-electron chi connectivity index (χ3n) is 4.57. The molecule has 0 aromatic heterocycles. The van der Waals surface area contributed by atoms with Gasteiger partial charge in [0, 0.05) is 30.9 Å². The quantitative estimate of drug-likeness (QED) is 0.446. The van der Waals surface area contributed by atoms with Crippen molar-refractivity contribution in [1.29, 1.82) is 0 Å². The maximum absolute atomic E-state index is 2.53. The maximum atomic E-state index is 2.53. The minimum Gasteiger partial charge on any atom is -0.315 e. The van der Waals surface area contributed by atoms with Gasteiger partial charge in [0.05, 0.1) is 0 Å². The molecule has 1 heterocycles. The monoisotopic (exact) mass is 355 g/mol. The van der Waals surface area contributed by atoms with Crippen LogP contribution in [0.3, 0.4) is 0 Å². The Hall–Kier alpha value is -2.63. The van der Waals surface area contributed by atoms with Gasteiger partial charge in [-0.05, 0) is 42.3 Å². The zero-order chi connectivity index (χ0) is 17.8. The number of benzene rings is 3. The molecule has 3 aromatic carbocycles. The van der Waals surface area contributed by atoms with Crippen LogP contribution in [0, 0.1) is 0 Å². The summed E-state index contributed by atoms with van der Waals surface area (Å²) in [5.74, 6) is 0. The molecule has 26 heavy (non-hydrogen) atoms. The topological polar surface area (TPSA) is 3.24 Å². The molecular formula is C24H22NP. The van der Waals surface area contributed by atoms with E-state index in [1.807, 2.05) is 0 Å². The van der Waals surface area contributed by atoms with E-state index in [0.717, 1.165) is 6.16 Å². The lowest BCUT2D eigenvalue weighted by Crippen LogP contribution is -2.14. The number of hydrogen-bond acceptors (Lipinski definition) is 1. The van der Waals surface area contributed by atoms with Crippen molar-refractivity contribution in [2.45, 2.75) is 6.92 Å². The second-order valence-electron chi connectivity index (χ2n) is 6.37. The first-order valence-corrected chi connectivity index (χ1v) is 10.4. The molecule has 1 nitrogen and oxygen atoms in total. The van der Waals surface area contributed by atoms with Crippen LogP contribution in [-0.4, -0.2) is 6.16 Å². The molecular weight excluding hydrogens is 333 g/mol. The fourth-order valence-corrected chi connectivity index (χ4v) is 6.03. The zero-order valence-electron chi connectivity index (χ0n) is 14.9. The third-order valence-corrected chi connectivity index (χ3v) is 7.20. The molecule has 2 heteroatoms. The van der Waals surface area contributed by atoms with Gasteiger partial charge >= 0.3 is 0 Å². The average Bonchev–Trinajstić information content (AvgIpc) is 2.71. The van der Waals surface area contributed by atoms with Gasteiger partial charge in [-0.3, -0.25) is 0 Å². The Morgan fingerprint density at radius 3 is 1.73 bits per heavy atom. The molecule has 0 N–H and O–H groups in total. The minimum absolute atomic E-state index is 0.541. The first kappa shape index (κ1) is 16.8. The molecule has 0 bridgehead atoms. The van der Waals surface area contributed by atoms with E-state index in [9.17, 15) is 0 Å². The summed E-state index contributed by atoms with van der Waals surface area (Å²) >= 11 is 0. The van der Waals surface area contributed by atoms with Gasteiger partial charge in [-0.2, -0.15) is 0 Å². The zero-order valence-corrected chi connectivity index (χ0v) is 15.8. The van der Waals surface area contributed by atoms with Gasteiger partial charge in [0.25, 0.3) is 0 Å². The molecule has 0 amide bonds. The Balaban J connectivity index is 1.86. The molecule has 0 aliphatic carbocycles. The number of hydrogen-bond donors (Lipinski definition) is 0. The highest BCUT2D eigenvalue weighted by atomic mass is 31.1. The van der Waals surface area contributed by atoms with Crippen molar-refractivity contribution >= 4 is 24.8 Å². The highest BCUT2D eigenvalue weighted by molar-refractivity contribution is 7.70. The first-order chi connectivity index (χ1) is 12.8. The summed E-state index contributed by atoms with van der Waals surface area (Å²) in [6, 6.07) is 32.4. The Morgan fingerprint density at radius 2 is 1.19 bits per heavy atom. The number of nitrogens with zero attached hydrogens (tertiary/aromatic N) is 1. The van der Waals surface area contributed by atoms with Crippen LogP contribution in [0.5, 0.6) is 0 Å². The summed E-state index contributed by atoms with van der Waals surface area (Å²) in [7, 11) is -0.541. The summed E-state index contributed by atoms with van der Waals surface area (Å²) in [5, 5.41) is 1.47. The molecule has 0 radical (unpaired) electrons. The lowest BCUT2D eigenvalue weighted by Gasteiger charge is -2.37. The Bertz CT molecular complexity index is 875. The van der Waals surface area contributed by atoms with Crippen molar-refractivity contribution in [1.82, 2.24) is 0 Å². The van der Waals surface area contributed by atoms with Crippen LogP contribution in [0.25, 0.3) is 5.31 Å². The van der Waals surface area contributed by atoms with E-state index in [1.54, 1.807) is 0 Å². The molecule has 1 aliphatic rings. The molecule has 1 aliphatic heterocycles. The van der Waals surface area contributed by atoms with Gasteiger partial charge in [0.1, 0.15) is 0 Å². The highest BCUT2D eigenvalue weighted by Crippen LogP contribution is 2.60. The van der Waals surface area contributed by atoms with Crippen LogP contribution in [-0.2, 0) is 0 Å². The number of anilines is 2. The van der Waals surface area contributed by atoms with E-state index in [0.29, 0.717) is 0 Å². The van der Waals surface area contributed by atoms with Gasteiger partial charge in [-0.15, -0.1) is 0 Å². The number of para-hydroxylation sites is 2. The smallest absolute Gasteiger partial charge is 0.0450 e. The van der Waals surface area contributed by atoms with E-state index >= 15 is 0 Å². The molecule has 1 unspecified atom stereocenters. The van der Waals surface area contributed by atoms with Crippen molar-refractivity contribution in [2.75, 3.05) is 10.8 Å². The van der Waals surface area contributed by atoms with E-state index in [1.165, 1.54) is 27.8 Å². The molecule has 0 spiro atoms. The average molecular weight is 355 g/mol. The second-order valence-corrected chi connectivity index (χ2v) is 8.38. The predicted molar refractivity (Wildman–Crippen MR) is 115 cm³/mol. The van der Waals surface area contributed by atoms with Crippen LogP contribution < -0.4 is 4.67 Å². The van der Waals surface area contributed by atoms with Gasteiger partial charge in [0.15, 0.2) is 0 Å². The van der Waals surface area contributed by atoms with E-state index in [-0.39, 0.29) is 0 Å². The van der Waals surface area contributed by atoms with Crippen molar-refractivity contribution in [2.24, 2.45) is 0 Å². The molecule has 4 rings (SSSR count). The normalized spacial score (nSPS) is 16.6. The molecule has 1 atom stereocenters. The minimum atomic E-state index is -0.541. The van der Waals surface area contributed by atoms with Crippen molar-refractivity contribution in [3.8, 4) is 0 Å². The molecule has 128 valence electrons. The lowest BCUT2D eigenvalue weighted by molar-refractivity contribution is 1.38. The predicted octanol–water partition coefficient (Wildman–Crippen LogP) is 7.22. The maximum Gasteiger partial charge on any atom is 0.0450 e. The standard InChI is InChI=1S/C24H22NP/c1-20-12-11-19-26(24(20)21-13-5-2-6-14-21)25(22-15-7-3-8-16-22)23-17-9-4-10-18-23/h2-18H,19H2,1H3. The van der Waals surface area contributed by atoms with Gasteiger partial charge < -0.3 is 4.67 Å². The Morgan fingerprint density at radius 1 is 0.692 bits per heavy atom. The van der Waals surface area contributed by atoms with Crippen molar-refractivity contribution < 1.29 is 0 Å². The Kier molecular flexibility index (Phi) is 5.00. The van der Waals surface area contributed by atoms with Gasteiger partial charge in [-0.1, -0.05) is 78.9 Å². The first-order valence-electron chi connectivity index (χ1n) is 8.95. The van der Waals surface area contributed by atoms with Gasteiger partial charge in [-0.25, -0.2) is 0 Å². The van der Waals surface area contributed by atoms with E-state index in [4.69, 9.17) is 0 Å². The van der Waals surface area contributed by atoms with E-state index < -0.39 is 8.07 Å². The fraction of sp³-hybridized carbons (Fsp3) is 0.0833. The Labute approximate surface area is 157 Å². The third kappa shape index (κ3) is 3.36. The SMILES string of the molecule is CC1=C(c2ccccc2)P(N(c2ccccc2)c2ccccc2)CC=C1. The summed E-state index contributed by atoms with van der Waals surface area (Å²) in [6.07, 6.45) is 5.66. The molecule has 0 saturated heterocycles. The van der Waals surface area contributed by atoms with Crippen molar-refractivity contribution in [3.05, 3.63) is 114 Å². The van der Waals surface area contributed by atoms with Crippen LogP contribution in [0.15, 0.2) is 109 Å². The number of allylic oxidation sites excluding steroid dienone is 3.